The van der Waals surface area contributed by atoms with Gasteiger partial charge in [0.15, 0.2) is 0 Å². The Balaban J connectivity index is 2.01. The van der Waals surface area contributed by atoms with Crippen LogP contribution < -0.4 is 0 Å². The number of hydrogen-bond donors (Lipinski definition) is 0. The van der Waals surface area contributed by atoms with Gasteiger partial charge in [-0.05, 0) is 6.42 Å². The van der Waals surface area contributed by atoms with Gasteiger partial charge in [-0.3, -0.25) is 0 Å². The number of ether oxygens (including phenoxy) is 2. The smallest absolute Gasteiger partial charge is 0.391 e. The third kappa shape index (κ3) is 0.322. The standard InChI is InChI=1S/C5H6O3/c6-4-7-5(8-4)2-1-3-5/h1-3H2. The van der Waals surface area contributed by atoms with Crippen LogP contribution in [0.4, 0.5) is 4.79 Å². The predicted molar refractivity (Wildman–Crippen MR) is 24.1 cm³/mol. The van der Waals surface area contributed by atoms with Gasteiger partial charge in [0, 0.05) is 12.8 Å². The van der Waals surface area contributed by atoms with Crippen LogP contribution in [-0.2, 0) is 9.47 Å². The molecule has 1 heterocycles. The van der Waals surface area contributed by atoms with Gasteiger partial charge in [0.25, 0.3) is 5.79 Å². The Morgan fingerprint density at radius 2 is 2.00 bits per heavy atom. The lowest BCUT2D eigenvalue weighted by molar-refractivity contribution is -0.306. The lowest BCUT2D eigenvalue weighted by Gasteiger charge is -2.45. The largest absolute Gasteiger partial charge is 0.514 e. The molecule has 1 spiro atoms. The first-order valence-corrected chi connectivity index (χ1v) is 2.73. The average Bonchev–Trinajstić information content (AvgIpc) is 1.51. The number of carbonyl (C=O) groups is 1. The van der Waals surface area contributed by atoms with E-state index >= 15 is 0 Å². The maximum Gasteiger partial charge on any atom is 0.514 e. The summed E-state index contributed by atoms with van der Waals surface area (Å²) in [5.74, 6) is -0.433. The van der Waals surface area contributed by atoms with Crippen LogP contribution in [0.2, 0.25) is 0 Å². The van der Waals surface area contributed by atoms with E-state index in [4.69, 9.17) is 9.47 Å². The second kappa shape index (κ2) is 0.989. The summed E-state index contributed by atoms with van der Waals surface area (Å²) in [6.07, 6.45) is 2.38. The molecule has 1 aliphatic carbocycles. The summed E-state index contributed by atoms with van der Waals surface area (Å²) in [4.78, 5) is 10.1. The highest BCUT2D eigenvalue weighted by molar-refractivity contribution is 5.65. The molecule has 8 heavy (non-hydrogen) atoms. The molecule has 1 saturated heterocycles. The normalized spacial score (nSPS) is 29.8. The van der Waals surface area contributed by atoms with Crippen LogP contribution in [0.5, 0.6) is 0 Å². The minimum absolute atomic E-state index is 0.433. The SMILES string of the molecule is O=C1OC2(CCC2)O1. The van der Waals surface area contributed by atoms with E-state index in [0.29, 0.717) is 0 Å². The van der Waals surface area contributed by atoms with E-state index in [1.165, 1.54) is 0 Å². The molecule has 0 amide bonds. The van der Waals surface area contributed by atoms with Crippen molar-refractivity contribution in [1.82, 2.24) is 0 Å². The lowest BCUT2D eigenvalue weighted by Crippen LogP contribution is -2.54. The Kier molecular flexibility index (Phi) is 0.517. The summed E-state index contributed by atoms with van der Waals surface area (Å²) in [5, 5.41) is 0. The van der Waals surface area contributed by atoms with Crippen LogP contribution in [0.25, 0.3) is 0 Å². The van der Waals surface area contributed by atoms with Crippen molar-refractivity contribution in [2.24, 2.45) is 0 Å². The number of rotatable bonds is 0. The fraction of sp³-hybridized carbons (Fsp3) is 0.800. The maximum absolute atomic E-state index is 10.1. The zero-order valence-corrected chi connectivity index (χ0v) is 4.35. The topological polar surface area (TPSA) is 35.5 Å². The van der Waals surface area contributed by atoms with E-state index in [-0.39, 0.29) is 0 Å². The van der Waals surface area contributed by atoms with Gasteiger partial charge >= 0.3 is 6.16 Å². The molecule has 2 rings (SSSR count). The van der Waals surface area contributed by atoms with Crippen LogP contribution >= 0.6 is 0 Å². The summed E-state index contributed by atoms with van der Waals surface area (Å²) in [7, 11) is 0. The summed E-state index contributed by atoms with van der Waals surface area (Å²) >= 11 is 0. The van der Waals surface area contributed by atoms with E-state index < -0.39 is 11.9 Å². The molecule has 3 heteroatoms. The van der Waals surface area contributed by atoms with Gasteiger partial charge in [0.05, 0.1) is 0 Å². The van der Waals surface area contributed by atoms with Crippen LogP contribution in [0.1, 0.15) is 19.3 Å². The Labute approximate surface area is 46.6 Å². The van der Waals surface area contributed by atoms with Gasteiger partial charge < -0.3 is 9.47 Å². The van der Waals surface area contributed by atoms with E-state index in [2.05, 4.69) is 0 Å². The summed E-state index contributed by atoms with van der Waals surface area (Å²) in [6.45, 7) is 0. The molecular weight excluding hydrogens is 108 g/mol. The summed E-state index contributed by atoms with van der Waals surface area (Å²) in [6, 6.07) is 0. The zero-order valence-electron chi connectivity index (χ0n) is 4.35. The molecule has 0 atom stereocenters. The highest BCUT2D eigenvalue weighted by atomic mass is 16.9. The summed E-state index contributed by atoms with van der Waals surface area (Å²) in [5.41, 5.74) is 0. The zero-order chi connectivity index (χ0) is 5.61. The minimum Gasteiger partial charge on any atom is -0.391 e. The van der Waals surface area contributed by atoms with Gasteiger partial charge in [0.1, 0.15) is 0 Å². The highest BCUT2D eigenvalue weighted by Crippen LogP contribution is 2.43. The first kappa shape index (κ1) is 4.18. The molecule has 0 aromatic heterocycles. The molecule has 0 radical (unpaired) electrons. The van der Waals surface area contributed by atoms with Gasteiger partial charge in [-0.2, -0.15) is 0 Å². The molecule has 0 aromatic carbocycles. The van der Waals surface area contributed by atoms with Crippen LogP contribution in [0.3, 0.4) is 0 Å². The monoisotopic (exact) mass is 114 g/mol. The number of hydrogen-bond acceptors (Lipinski definition) is 3. The molecule has 2 aliphatic rings. The first-order valence-electron chi connectivity index (χ1n) is 2.73. The van der Waals surface area contributed by atoms with Gasteiger partial charge in [0.2, 0.25) is 0 Å². The molecule has 0 aromatic rings. The van der Waals surface area contributed by atoms with Crippen molar-refractivity contribution in [1.29, 1.82) is 0 Å². The summed E-state index contributed by atoms with van der Waals surface area (Å²) < 4.78 is 9.40. The Bertz CT molecular complexity index is 127. The van der Waals surface area contributed by atoms with Gasteiger partial charge in [-0.25, -0.2) is 4.79 Å². The maximum atomic E-state index is 10.1. The quantitative estimate of drug-likeness (QED) is 0.441. The van der Waals surface area contributed by atoms with Crippen LogP contribution in [0, 0.1) is 0 Å². The van der Waals surface area contributed by atoms with Crippen molar-refractivity contribution in [2.45, 2.75) is 25.0 Å². The predicted octanol–water partition coefficient (Wildman–Crippen LogP) is 1.03. The molecule has 3 nitrogen and oxygen atoms in total. The van der Waals surface area contributed by atoms with Gasteiger partial charge in [-0.15, -0.1) is 0 Å². The number of carbonyl (C=O) groups excluding carboxylic acids is 1. The highest BCUT2D eigenvalue weighted by Gasteiger charge is 2.53. The molecule has 0 N–H and O–H groups in total. The van der Waals surface area contributed by atoms with Crippen molar-refractivity contribution in [3.05, 3.63) is 0 Å². The van der Waals surface area contributed by atoms with Gasteiger partial charge in [-0.1, -0.05) is 0 Å². The van der Waals surface area contributed by atoms with Crippen LogP contribution in [0.15, 0.2) is 0 Å². The fourth-order valence-electron chi connectivity index (χ4n) is 0.981. The van der Waals surface area contributed by atoms with Crippen molar-refractivity contribution >= 4 is 6.16 Å². The molecule has 0 bridgehead atoms. The van der Waals surface area contributed by atoms with Crippen molar-refractivity contribution in [2.75, 3.05) is 0 Å². The Morgan fingerprint density at radius 3 is 2.12 bits per heavy atom. The minimum atomic E-state index is -0.510. The van der Waals surface area contributed by atoms with E-state index in [0.717, 1.165) is 19.3 Å². The Morgan fingerprint density at radius 1 is 1.38 bits per heavy atom. The molecular formula is C5H6O3. The Hall–Kier alpha value is -0.730. The molecule has 1 saturated carbocycles. The van der Waals surface area contributed by atoms with Crippen molar-refractivity contribution in [3.63, 3.8) is 0 Å². The fourth-order valence-corrected chi connectivity index (χ4v) is 0.981. The third-order valence-corrected chi connectivity index (χ3v) is 1.65. The van der Waals surface area contributed by atoms with E-state index in [9.17, 15) is 4.79 Å². The molecule has 0 unspecified atom stereocenters. The molecule has 1 aliphatic heterocycles. The second-order valence-corrected chi connectivity index (χ2v) is 2.22. The lowest BCUT2D eigenvalue weighted by atomic mass is 9.90. The third-order valence-electron chi connectivity index (χ3n) is 1.65. The average molecular weight is 114 g/mol. The second-order valence-electron chi connectivity index (χ2n) is 2.22. The van der Waals surface area contributed by atoms with E-state index in [1.807, 2.05) is 0 Å². The molecule has 2 fully saturated rings. The molecule has 44 valence electrons. The van der Waals surface area contributed by atoms with E-state index in [1.54, 1.807) is 0 Å². The van der Waals surface area contributed by atoms with Crippen molar-refractivity contribution in [3.8, 4) is 0 Å². The first-order chi connectivity index (χ1) is 3.81. The van der Waals surface area contributed by atoms with Crippen molar-refractivity contribution < 1.29 is 14.3 Å². The van der Waals surface area contributed by atoms with Crippen LogP contribution in [-0.4, -0.2) is 11.9 Å².